The Kier molecular flexibility index (Phi) is 4.00. The highest BCUT2D eigenvalue weighted by Crippen LogP contribution is 2.39. The molecule has 0 saturated heterocycles. The number of nitrogens with zero attached hydrogens (tertiary/aromatic N) is 2. The number of thiophene rings is 1. The molecule has 1 aliphatic carbocycles. The van der Waals surface area contributed by atoms with Gasteiger partial charge in [-0.1, -0.05) is 18.2 Å². The highest BCUT2D eigenvalue weighted by molar-refractivity contribution is 7.92. The van der Waals surface area contributed by atoms with Gasteiger partial charge in [-0.25, -0.2) is 18.4 Å². The van der Waals surface area contributed by atoms with Gasteiger partial charge >= 0.3 is 0 Å². The van der Waals surface area contributed by atoms with Gasteiger partial charge in [0.05, 0.1) is 10.3 Å². The van der Waals surface area contributed by atoms with Crippen LogP contribution in [0, 0.1) is 13.8 Å². The van der Waals surface area contributed by atoms with Gasteiger partial charge in [-0.3, -0.25) is 4.72 Å². The first-order valence-electron chi connectivity index (χ1n) is 8.33. The first-order chi connectivity index (χ1) is 12.0. The van der Waals surface area contributed by atoms with Crippen molar-refractivity contribution in [1.82, 2.24) is 9.97 Å². The van der Waals surface area contributed by atoms with Crippen LogP contribution >= 0.6 is 11.3 Å². The van der Waals surface area contributed by atoms with E-state index in [4.69, 9.17) is 0 Å². The molecule has 1 N–H and O–H groups in total. The minimum atomic E-state index is -3.69. The Morgan fingerprint density at radius 3 is 2.64 bits per heavy atom. The van der Waals surface area contributed by atoms with Gasteiger partial charge in [0.25, 0.3) is 10.0 Å². The molecule has 0 amide bonds. The fraction of sp³-hybridized carbons (Fsp3) is 0.333. The molecule has 3 aromatic rings. The summed E-state index contributed by atoms with van der Waals surface area (Å²) in [6.45, 7) is 3.59. The van der Waals surface area contributed by atoms with E-state index in [0.717, 1.165) is 29.5 Å². The smallest absolute Gasteiger partial charge is 0.263 e. The van der Waals surface area contributed by atoms with Gasteiger partial charge in [0.2, 0.25) is 0 Å². The number of benzene rings is 1. The van der Waals surface area contributed by atoms with E-state index >= 15 is 0 Å². The summed E-state index contributed by atoms with van der Waals surface area (Å²) < 4.78 is 28.5. The normalized spacial score (nSPS) is 14.5. The zero-order valence-corrected chi connectivity index (χ0v) is 15.8. The maximum Gasteiger partial charge on any atom is 0.263 e. The molecule has 0 unspecified atom stereocenters. The van der Waals surface area contributed by atoms with Gasteiger partial charge in [0.1, 0.15) is 10.7 Å². The van der Waals surface area contributed by atoms with Crippen molar-refractivity contribution < 1.29 is 8.42 Å². The molecule has 7 heteroatoms. The number of aryl methyl sites for hydroxylation is 4. The SMILES string of the molecule is Cc1nc(NS(=O)(=O)c2ccccc2C)c2c3c(sc2n1)CCCC3. The molecule has 4 rings (SSSR count). The molecule has 5 nitrogen and oxygen atoms in total. The predicted octanol–water partition coefficient (Wildman–Crippen LogP) is 3.99. The minimum absolute atomic E-state index is 0.281. The van der Waals surface area contributed by atoms with Crippen LogP contribution in [-0.2, 0) is 22.9 Å². The van der Waals surface area contributed by atoms with E-state index in [0.29, 0.717) is 17.2 Å². The Morgan fingerprint density at radius 1 is 1.08 bits per heavy atom. The third-order valence-electron chi connectivity index (χ3n) is 4.54. The maximum atomic E-state index is 12.9. The quantitative estimate of drug-likeness (QED) is 0.753. The third kappa shape index (κ3) is 2.91. The number of anilines is 1. The average molecular weight is 374 g/mol. The van der Waals surface area contributed by atoms with Gasteiger partial charge in [-0.05, 0) is 56.7 Å². The van der Waals surface area contributed by atoms with E-state index in [1.165, 1.54) is 16.9 Å². The van der Waals surface area contributed by atoms with E-state index < -0.39 is 10.0 Å². The first-order valence-corrected chi connectivity index (χ1v) is 10.6. The molecule has 0 atom stereocenters. The predicted molar refractivity (Wildman–Crippen MR) is 101 cm³/mol. The molecule has 0 radical (unpaired) electrons. The number of sulfonamides is 1. The van der Waals surface area contributed by atoms with Crippen LogP contribution in [0.1, 0.15) is 34.7 Å². The van der Waals surface area contributed by atoms with Crippen LogP contribution in [0.25, 0.3) is 10.2 Å². The number of hydrogen-bond donors (Lipinski definition) is 1. The molecule has 1 aromatic carbocycles. The van der Waals surface area contributed by atoms with E-state index in [1.807, 2.05) is 6.07 Å². The Labute approximate surface area is 151 Å². The van der Waals surface area contributed by atoms with Crippen molar-refractivity contribution in [2.45, 2.75) is 44.4 Å². The van der Waals surface area contributed by atoms with Crippen molar-refractivity contribution in [3.05, 3.63) is 46.1 Å². The number of aromatic nitrogens is 2. The molecule has 0 spiro atoms. The highest BCUT2D eigenvalue weighted by Gasteiger charge is 2.24. The van der Waals surface area contributed by atoms with Crippen LogP contribution < -0.4 is 4.72 Å². The zero-order valence-electron chi connectivity index (χ0n) is 14.2. The lowest BCUT2D eigenvalue weighted by Gasteiger charge is -2.14. The summed E-state index contributed by atoms with van der Waals surface area (Å²) in [5.74, 6) is 0.985. The van der Waals surface area contributed by atoms with Crippen LogP contribution in [0.15, 0.2) is 29.2 Å². The fourth-order valence-corrected chi connectivity index (χ4v) is 5.95. The number of hydrogen-bond acceptors (Lipinski definition) is 5. The molecule has 0 bridgehead atoms. The number of nitrogens with one attached hydrogen (secondary N) is 1. The summed E-state index contributed by atoms with van der Waals surface area (Å²) in [7, 11) is -3.69. The van der Waals surface area contributed by atoms with Gasteiger partial charge < -0.3 is 0 Å². The van der Waals surface area contributed by atoms with Crippen molar-refractivity contribution in [2.24, 2.45) is 0 Å². The van der Waals surface area contributed by atoms with Crippen LogP contribution in [0.3, 0.4) is 0 Å². The Balaban J connectivity index is 1.87. The Morgan fingerprint density at radius 2 is 1.84 bits per heavy atom. The summed E-state index contributed by atoms with van der Waals surface area (Å²) >= 11 is 1.67. The molecule has 130 valence electrons. The average Bonchev–Trinajstić information content (AvgIpc) is 2.92. The number of fused-ring (bicyclic) bond motifs is 3. The van der Waals surface area contributed by atoms with Crippen molar-refractivity contribution in [1.29, 1.82) is 0 Å². The van der Waals surface area contributed by atoms with Crippen molar-refractivity contribution in [2.75, 3.05) is 4.72 Å². The van der Waals surface area contributed by atoms with Gasteiger partial charge in [0, 0.05) is 4.88 Å². The summed E-state index contributed by atoms with van der Waals surface area (Å²) in [4.78, 5) is 11.4. The van der Waals surface area contributed by atoms with Crippen molar-refractivity contribution >= 4 is 37.4 Å². The second-order valence-electron chi connectivity index (χ2n) is 6.38. The fourth-order valence-electron chi connectivity index (χ4n) is 3.38. The standard InChI is InChI=1S/C18H19N3O2S2/c1-11-7-3-6-10-15(11)25(22,23)21-17-16-13-8-4-5-9-14(13)24-18(16)20-12(2)19-17/h3,6-7,10H,4-5,8-9H2,1-2H3,(H,19,20,21). The lowest BCUT2D eigenvalue weighted by molar-refractivity contribution is 0.600. The maximum absolute atomic E-state index is 12.9. The second kappa shape index (κ2) is 6.07. The monoisotopic (exact) mass is 373 g/mol. The molecular weight excluding hydrogens is 354 g/mol. The van der Waals surface area contributed by atoms with Crippen LogP contribution in [-0.4, -0.2) is 18.4 Å². The van der Waals surface area contributed by atoms with E-state index in [2.05, 4.69) is 14.7 Å². The van der Waals surface area contributed by atoms with E-state index in [1.54, 1.807) is 43.4 Å². The summed E-state index contributed by atoms with van der Waals surface area (Å²) in [5.41, 5.74) is 1.93. The molecule has 1 aliphatic rings. The van der Waals surface area contributed by atoms with Crippen LogP contribution in [0.4, 0.5) is 5.82 Å². The third-order valence-corrected chi connectivity index (χ3v) is 7.23. The molecule has 2 heterocycles. The molecule has 2 aromatic heterocycles. The van der Waals surface area contributed by atoms with E-state index in [-0.39, 0.29) is 4.90 Å². The topological polar surface area (TPSA) is 72.0 Å². The molecule has 25 heavy (non-hydrogen) atoms. The van der Waals surface area contributed by atoms with Crippen molar-refractivity contribution in [3.63, 3.8) is 0 Å². The lowest BCUT2D eigenvalue weighted by atomic mass is 9.97. The van der Waals surface area contributed by atoms with Gasteiger partial charge in [0.15, 0.2) is 5.82 Å². The summed E-state index contributed by atoms with van der Waals surface area (Å²) in [6.07, 6.45) is 4.30. The highest BCUT2D eigenvalue weighted by atomic mass is 32.2. The molecule has 0 saturated carbocycles. The van der Waals surface area contributed by atoms with Crippen molar-refractivity contribution in [3.8, 4) is 0 Å². The first kappa shape index (κ1) is 16.5. The minimum Gasteiger partial charge on any atom is -0.263 e. The molecular formula is C18H19N3O2S2. The zero-order chi connectivity index (χ0) is 17.6. The summed E-state index contributed by atoms with van der Waals surface area (Å²) in [6, 6.07) is 6.97. The Hall–Kier alpha value is -1.99. The largest absolute Gasteiger partial charge is 0.263 e. The Bertz CT molecular complexity index is 1070. The molecule has 0 aliphatic heterocycles. The van der Waals surface area contributed by atoms with Gasteiger partial charge in [-0.15, -0.1) is 11.3 Å². The second-order valence-corrected chi connectivity index (χ2v) is 9.12. The van der Waals surface area contributed by atoms with Gasteiger partial charge in [-0.2, -0.15) is 0 Å². The van der Waals surface area contributed by atoms with Crippen LogP contribution in [0.5, 0.6) is 0 Å². The van der Waals surface area contributed by atoms with E-state index in [9.17, 15) is 8.42 Å². The summed E-state index contributed by atoms with van der Waals surface area (Å²) in [5, 5.41) is 0.877. The molecule has 0 fully saturated rings. The lowest BCUT2D eigenvalue weighted by Crippen LogP contribution is -2.16. The van der Waals surface area contributed by atoms with Crippen LogP contribution in [0.2, 0.25) is 0 Å². The number of rotatable bonds is 3.